The van der Waals surface area contributed by atoms with Gasteiger partial charge in [-0.3, -0.25) is 0 Å². The number of rotatable bonds is 3. The Hall–Kier alpha value is -3.37. The number of nitrogens with zero attached hydrogens (tertiary/aromatic N) is 2. The molecule has 0 N–H and O–H groups in total. The molecule has 4 heteroatoms. The molecular formula is C18H12N2O2. The summed E-state index contributed by atoms with van der Waals surface area (Å²) in [5.41, 5.74) is 3.00. The molecule has 0 aliphatic carbocycles. The number of carbonyl (C=O) groups excluding carboxylic acids is 1. The van der Waals surface area contributed by atoms with Crippen molar-refractivity contribution in [1.82, 2.24) is 0 Å². The molecular weight excluding hydrogens is 276 g/mol. The normalized spacial score (nSPS) is 9.23. The quantitative estimate of drug-likeness (QED) is 0.639. The van der Waals surface area contributed by atoms with Gasteiger partial charge in [-0.2, -0.15) is 10.5 Å². The molecule has 0 radical (unpaired) electrons. The van der Waals surface area contributed by atoms with Crippen molar-refractivity contribution in [2.45, 2.75) is 0 Å². The van der Waals surface area contributed by atoms with E-state index in [1.54, 1.807) is 18.2 Å². The summed E-state index contributed by atoms with van der Waals surface area (Å²) < 4.78 is 4.71. The van der Waals surface area contributed by atoms with Gasteiger partial charge in [0, 0.05) is 0 Å². The van der Waals surface area contributed by atoms with E-state index in [9.17, 15) is 4.79 Å². The number of nitriles is 2. The number of hydrogen-bond donors (Lipinski definition) is 0. The molecule has 0 unspecified atom stereocenters. The van der Waals surface area contributed by atoms with Crippen LogP contribution in [0.15, 0.2) is 54.1 Å². The topological polar surface area (TPSA) is 73.9 Å². The molecule has 0 atom stereocenters. The zero-order valence-corrected chi connectivity index (χ0v) is 11.9. The van der Waals surface area contributed by atoms with Crippen LogP contribution in [0, 0.1) is 22.7 Å². The lowest BCUT2D eigenvalue weighted by molar-refractivity contribution is 0.0601. The lowest BCUT2D eigenvalue weighted by Crippen LogP contribution is -2.00. The summed E-state index contributed by atoms with van der Waals surface area (Å²) in [5, 5.41) is 17.6. The Balaban J connectivity index is 2.43. The van der Waals surface area contributed by atoms with Crippen molar-refractivity contribution in [2.75, 3.05) is 7.11 Å². The lowest BCUT2D eigenvalue weighted by atomic mass is 10.0. The van der Waals surface area contributed by atoms with E-state index in [0.29, 0.717) is 5.56 Å². The molecule has 2 aromatic carbocycles. The van der Waals surface area contributed by atoms with Gasteiger partial charge >= 0.3 is 5.97 Å². The fourth-order valence-electron chi connectivity index (χ4n) is 2.01. The molecule has 0 aliphatic heterocycles. The van der Waals surface area contributed by atoms with Crippen LogP contribution in [0.5, 0.6) is 0 Å². The predicted octanol–water partition coefficient (Wildman–Crippen LogP) is 3.57. The second-order valence-electron chi connectivity index (χ2n) is 4.48. The van der Waals surface area contributed by atoms with Crippen molar-refractivity contribution in [1.29, 1.82) is 10.5 Å². The Morgan fingerprint density at radius 1 is 1.05 bits per heavy atom. The van der Waals surface area contributed by atoms with Gasteiger partial charge in [0.1, 0.15) is 17.7 Å². The minimum atomic E-state index is -0.394. The summed E-state index contributed by atoms with van der Waals surface area (Å²) >= 11 is 0. The minimum Gasteiger partial charge on any atom is -0.465 e. The highest BCUT2D eigenvalue weighted by Crippen LogP contribution is 2.23. The Morgan fingerprint density at radius 2 is 1.68 bits per heavy atom. The van der Waals surface area contributed by atoms with E-state index in [1.807, 2.05) is 42.5 Å². The average molecular weight is 288 g/mol. The number of methoxy groups -OCH3 is 1. The number of ether oxygens (including phenoxy) is 1. The molecule has 0 saturated heterocycles. The van der Waals surface area contributed by atoms with Gasteiger partial charge in [-0.15, -0.1) is 0 Å². The maximum atomic E-state index is 11.6. The Bertz CT molecular complexity index is 807. The van der Waals surface area contributed by atoms with Crippen LogP contribution in [0.25, 0.3) is 17.2 Å². The van der Waals surface area contributed by atoms with Crippen molar-refractivity contribution in [3.63, 3.8) is 0 Å². The van der Waals surface area contributed by atoms with Crippen molar-refractivity contribution in [3.8, 4) is 23.3 Å². The van der Waals surface area contributed by atoms with Gasteiger partial charge in [-0.05, 0) is 41.0 Å². The Kier molecular flexibility index (Phi) is 4.70. The van der Waals surface area contributed by atoms with Crippen LogP contribution in [0.1, 0.15) is 15.9 Å². The average Bonchev–Trinajstić information content (AvgIpc) is 2.59. The predicted molar refractivity (Wildman–Crippen MR) is 82.4 cm³/mol. The zero-order chi connectivity index (χ0) is 15.9. The number of esters is 1. The summed E-state index contributed by atoms with van der Waals surface area (Å²) in [5.74, 6) is -0.394. The third kappa shape index (κ3) is 3.39. The summed E-state index contributed by atoms with van der Waals surface area (Å²) in [7, 11) is 1.34. The smallest absolute Gasteiger partial charge is 0.337 e. The molecule has 0 aromatic heterocycles. The number of hydrogen-bond acceptors (Lipinski definition) is 4. The molecule has 0 amide bonds. The Labute approximate surface area is 128 Å². The molecule has 4 nitrogen and oxygen atoms in total. The maximum Gasteiger partial charge on any atom is 0.337 e. The molecule has 2 rings (SSSR count). The summed E-state index contributed by atoms with van der Waals surface area (Å²) in [4.78, 5) is 11.6. The van der Waals surface area contributed by atoms with Crippen molar-refractivity contribution in [2.24, 2.45) is 0 Å². The van der Waals surface area contributed by atoms with Gasteiger partial charge in [-0.25, -0.2) is 4.79 Å². The van der Waals surface area contributed by atoms with Gasteiger partial charge in [0.05, 0.1) is 12.7 Å². The molecule has 0 spiro atoms. The van der Waals surface area contributed by atoms with Crippen LogP contribution in [0.3, 0.4) is 0 Å². The third-order valence-corrected chi connectivity index (χ3v) is 3.06. The summed E-state index contributed by atoms with van der Waals surface area (Å²) in [6, 6.07) is 18.1. The first-order valence-corrected chi connectivity index (χ1v) is 6.48. The van der Waals surface area contributed by atoms with Crippen LogP contribution < -0.4 is 0 Å². The largest absolute Gasteiger partial charge is 0.465 e. The van der Waals surface area contributed by atoms with E-state index in [1.165, 1.54) is 13.2 Å². The molecule has 0 saturated carbocycles. The van der Waals surface area contributed by atoms with Crippen molar-refractivity contribution < 1.29 is 9.53 Å². The van der Waals surface area contributed by atoms with Gasteiger partial charge in [-0.1, -0.05) is 30.3 Å². The highest BCUT2D eigenvalue weighted by atomic mass is 16.5. The maximum absolute atomic E-state index is 11.6. The second kappa shape index (κ2) is 6.88. The number of benzene rings is 2. The van der Waals surface area contributed by atoms with E-state index in [4.69, 9.17) is 15.3 Å². The van der Waals surface area contributed by atoms with E-state index in [2.05, 4.69) is 0 Å². The van der Waals surface area contributed by atoms with E-state index < -0.39 is 5.97 Å². The third-order valence-electron chi connectivity index (χ3n) is 3.06. The van der Waals surface area contributed by atoms with E-state index in [0.717, 1.165) is 16.7 Å². The molecule has 2 aromatic rings. The molecule has 0 bridgehead atoms. The first-order chi connectivity index (χ1) is 10.7. The van der Waals surface area contributed by atoms with Crippen LogP contribution in [0.4, 0.5) is 0 Å². The Morgan fingerprint density at radius 3 is 2.32 bits per heavy atom. The van der Waals surface area contributed by atoms with Gasteiger partial charge in [0.25, 0.3) is 0 Å². The summed E-state index contributed by atoms with van der Waals surface area (Å²) in [6.45, 7) is 0. The van der Waals surface area contributed by atoms with Crippen LogP contribution in [-0.4, -0.2) is 13.1 Å². The standard InChI is InChI=1S/C18H12N2O2/c1-22-18(21)17-7-3-6-16(10-17)15-5-2-4-13(9-15)8-14(11-19)12-20/h2-10H,1H3. The van der Waals surface area contributed by atoms with Crippen molar-refractivity contribution >= 4 is 12.0 Å². The molecule has 22 heavy (non-hydrogen) atoms. The van der Waals surface area contributed by atoms with Crippen molar-refractivity contribution in [3.05, 3.63) is 65.2 Å². The lowest BCUT2D eigenvalue weighted by Gasteiger charge is -2.05. The van der Waals surface area contributed by atoms with Crippen LogP contribution in [-0.2, 0) is 4.74 Å². The first-order valence-electron chi connectivity index (χ1n) is 6.48. The summed E-state index contributed by atoms with van der Waals surface area (Å²) in [6.07, 6.45) is 1.52. The fourth-order valence-corrected chi connectivity index (χ4v) is 2.01. The number of allylic oxidation sites excluding steroid dienone is 1. The van der Waals surface area contributed by atoms with Crippen LogP contribution >= 0.6 is 0 Å². The zero-order valence-electron chi connectivity index (χ0n) is 11.9. The SMILES string of the molecule is COC(=O)c1cccc(-c2cccc(C=C(C#N)C#N)c2)c1. The second-order valence-corrected chi connectivity index (χ2v) is 4.48. The molecule has 0 fully saturated rings. The molecule has 0 aliphatic rings. The van der Waals surface area contributed by atoms with Gasteiger partial charge in [0.2, 0.25) is 0 Å². The first kappa shape index (κ1) is 15.0. The van der Waals surface area contributed by atoms with Gasteiger partial charge < -0.3 is 4.74 Å². The monoisotopic (exact) mass is 288 g/mol. The van der Waals surface area contributed by atoms with E-state index >= 15 is 0 Å². The highest BCUT2D eigenvalue weighted by Gasteiger charge is 2.07. The van der Waals surface area contributed by atoms with Crippen LogP contribution in [0.2, 0.25) is 0 Å². The highest BCUT2D eigenvalue weighted by molar-refractivity contribution is 5.91. The molecule has 106 valence electrons. The van der Waals surface area contributed by atoms with Gasteiger partial charge in [0.15, 0.2) is 0 Å². The fraction of sp³-hybridized carbons (Fsp3) is 0.0556. The number of carbonyl (C=O) groups is 1. The minimum absolute atomic E-state index is 0.0421. The van der Waals surface area contributed by atoms with E-state index in [-0.39, 0.29) is 5.57 Å². The molecule has 0 heterocycles.